The van der Waals surface area contributed by atoms with Crippen molar-refractivity contribution in [1.29, 1.82) is 0 Å². The predicted octanol–water partition coefficient (Wildman–Crippen LogP) is 2.69. The summed E-state index contributed by atoms with van der Waals surface area (Å²) >= 11 is 12.0. The molecule has 7 heteroatoms. The number of halogens is 2. The number of methoxy groups -OCH3 is 1. The number of ether oxygens (including phenoxy) is 1. The minimum atomic E-state index is -0.999. The number of carbonyl (C=O) groups excluding carboxylic acids is 1. The van der Waals surface area contributed by atoms with Gasteiger partial charge in [-0.1, -0.05) is 23.2 Å². The van der Waals surface area contributed by atoms with Crippen LogP contribution in [0.5, 0.6) is 5.75 Å². The lowest BCUT2D eigenvalue weighted by Crippen LogP contribution is -2.40. The summed E-state index contributed by atoms with van der Waals surface area (Å²) in [5.41, 5.74) is 0.258. The zero-order chi connectivity index (χ0) is 14.9. The molecule has 0 radical (unpaired) electrons. The van der Waals surface area contributed by atoms with Crippen LogP contribution in [0.3, 0.4) is 0 Å². The average molecular weight is 318 g/mol. The lowest BCUT2D eigenvalue weighted by atomic mass is 10.1. The van der Waals surface area contributed by atoms with E-state index < -0.39 is 12.0 Å². The summed E-state index contributed by atoms with van der Waals surface area (Å²) in [6.07, 6.45) is 1.12. The third kappa shape index (κ3) is 2.69. The van der Waals surface area contributed by atoms with E-state index in [1.54, 1.807) is 0 Å². The summed E-state index contributed by atoms with van der Waals surface area (Å²) in [5.74, 6) is -1.09. The van der Waals surface area contributed by atoms with E-state index in [0.29, 0.717) is 25.1 Å². The molecule has 0 saturated carbocycles. The van der Waals surface area contributed by atoms with Crippen molar-refractivity contribution in [3.05, 3.63) is 27.7 Å². The molecule has 5 nitrogen and oxygen atoms in total. The first-order valence-electron chi connectivity index (χ1n) is 6.02. The van der Waals surface area contributed by atoms with E-state index in [4.69, 9.17) is 33.0 Å². The van der Waals surface area contributed by atoms with Crippen LogP contribution in [-0.2, 0) is 4.79 Å². The van der Waals surface area contributed by atoms with Crippen molar-refractivity contribution in [1.82, 2.24) is 4.90 Å². The Balaban J connectivity index is 2.32. The summed E-state index contributed by atoms with van der Waals surface area (Å²) in [6, 6.07) is 2.08. The monoisotopic (exact) mass is 317 g/mol. The topological polar surface area (TPSA) is 66.8 Å². The lowest BCUT2D eigenvalue weighted by Gasteiger charge is -2.22. The molecule has 1 fully saturated rings. The van der Waals surface area contributed by atoms with Crippen molar-refractivity contribution in [2.24, 2.45) is 0 Å². The maximum atomic E-state index is 12.4. The highest BCUT2D eigenvalue weighted by atomic mass is 35.5. The van der Waals surface area contributed by atoms with E-state index in [9.17, 15) is 9.59 Å². The normalized spacial score (nSPS) is 18.1. The molecule has 0 aromatic heterocycles. The summed E-state index contributed by atoms with van der Waals surface area (Å²) in [4.78, 5) is 24.8. The van der Waals surface area contributed by atoms with Crippen molar-refractivity contribution in [3.63, 3.8) is 0 Å². The van der Waals surface area contributed by atoms with E-state index in [-0.39, 0.29) is 21.5 Å². The number of aliphatic carboxylic acids is 1. The lowest BCUT2D eigenvalue weighted by molar-refractivity contribution is -0.141. The summed E-state index contributed by atoms with van der Waals surface area (Å²) in [5, 5.41) is 9.54. The molecular formula is C13H13Cl2NO4. The summed E-state index contributed by atoms with van der Waals surface area (Å²) in [7, 11) is 1.43. The Morgan fingerprint density at radius 1 is 1.35 bits per heavy atom. The van der Waals surface area contributed by atoms with Crippen molar-refractivity contribution < 1.29 is 19.4 Å². The van der Waals surface area contributed by atoms with E-state index in [1.165, 1.54) is 24.1 Å². The molecule has 1 aliphatic rings. The molecule has 0 spiro atoms. The molecule has 1 saturated heterocycles. The maximum absolute atomic E-state index is 12.4. The van der Waals surface area contributed by atoms with Crippen LogP contribution in [-0.4, -0.2) is 41.6 Å². The van der Waals surface area contributed by atoms with E-state index in [1.807, 2.05) is 0 Å². The summed E-state index contributed by atoms with van der Waals surface area (Å²) in [6.45, 7) is 0.414. The third-order valence-corrected chi connectivity index (χ3v) is 3.81. The van der Waals surface area contributed by atoms with Gasteiger partial charge in [0.05, 0.1) is 17.2 Å². The summed E-state index contributed by atoms with van der Waals surface area (Å²) < 4.78 is 5.01. The van der Waals surface area contributed by atoms with Crippen molar-refractivity contribution in [3.8, 4) is 5.75 Å². The van der Waals surface area contributed by atoms with Gasteiger partial charge in [0.25, 0.3) is 5.91 Å². The fourth-order valence-corrected chi connectivity index (χ4v) is 2.95. The number of hydrogen-bond donors (Lipinski definition) is 1. The van der Waals surface area contributed by atoms with Gasteiger partial charge in [-0.3, -0.25) is 4.79 Å². The largest absolute Gasteiger partial charge is 0.494 e. The molecule has 1 aromatic carbocycles. The van der Waals surface area contributed by atoms with E-state index in [2.05, 4.69) is 0 Å². The van der Waals surface area contributed by atoms with Crippen LogP contribution in [0.25, 0.3) is 0 Å². The number of nitrogens with zero attached hydrogens (tertiary/aromatic N) is 1. The Morgan fingerprint density at radius 2 is 1.95 bits per heavy atom. The Kier molecular flexibility index (Phi) is 4.40. The molecule has 0 aliphatic carbocycles. The highest BCUT2D eigenvalue weighted by Gasteiger charge is 2.34. The number of carboxylic acid groups (broad SMARTS) is 1. The molecular weight excluding hydrogens is 305 g/mol. The number of benzene rings is 1. The molecule has 1 amide bonds. The number of hydrogen-bond acceptors (Lipinski definition) is 3. The van der Waals surface area contributed by atoms with Crippen LogP contribution in [0.1, 0.15) is 23.2 Å². The molecule has 20 heavy (non-hydrogen) atoms. The SMILES string of the molecule is COc1c(Cl)cc(C(=O)N2CCC[C@H]2C(=O)O)cc1Cl. The van der Waals surface area contributed by atoms with Crippen LogP contribution in [0.2, 0.25) is 10.0 Å². The van der Waals surface area contributed by atoms with Gasteiger partial charge in [0.15, 0.2) is 5.75 Å². The number of carbonyl (C=O) groups is 2. The third-order valence-electron chi connectivity index (χ3n) is 3.25. The first kappa shape index (κ1) is 14.9. The predicted molar refractivity (Wildman–Crippen MR) is 74.7 cm³/mol. The number of amides is 1. The van der Waals surface area contributed by atoms with E-state index >= 15 is 0 Å². The van der Waals surface area contributed by atoms with Crippen LogP contribution in [0.4, 0.5) is 0 Å². The Labute approximate surface area is 126 Å². The first-order chi connectivity index (χ1) is 9.45. The number of likely N-dealkylation sites (tertiary alicyclic amines) is 1. The molecule has 0 unspecified atom stereocenters. The average Bonchev–Trinajstić information content (AvgIpc) is 2.86. The van der Waals surface area contributed by atoms with Crippen molar-refractivity contribution in [2.45, 2.75) is 18.9 Å². The quantitative estimate of drug-likeness (QED) is 0.930. The molecule has 1 N–H and O–H groups in total. The second kappa shape index (κ2) is 5.89. The highest BCUT2D eigenvalue weighted by Crippen LogP contribution is 2.34. The van der Waals surface area contributed by atoms with Crippen molar-refractivity contribution >= 4 is 35.1 Å². The molecule has 0 bridgehead atoms. The minimum Gasteiger partial charge on any atom is -0.494 e. The Bertz CT molecular complexity index is 538. The molecule has 1 heterocycles. The first-order valence-corrected chi connectivity index (χ1v) is 6.78. The standard InChI is InChI=1S/C13H13Cl2NO4/c1-20-11-8(14)5-7(6-9(11)15)12(17)16-4-2-3-10(16)13(18)19/h5-6,10H,2-4H2,1H3,(H,18,19)/t10-/m0/s1. The van der Waals surface area contributed by atoms with Crippen LogP contribution in [0.15, 0.2) is 12.1 Å². The molecule has 1 aliphatic heterocycles. The Morgan fingerprint density at radius 3 is 2.45 bits per heavy atom. The van der Waals surface area contributed by atoms with Crippen LogP contribution >= 0.6 is 23.2 Å². The fraction of sp³-hybridized carbons (Fsp3) is 0.385. The fourth-order valence-electron chi connectivity index (χ4n) is 2.31. The second-order valence-corrected chi connectivity index (χ2v) is 5.28. The number of rotatable bonds is 3. The maximum Gasteiger partial charge on any atom is 0.326 e. The number of carboxylic acids is 1. The van der Waals surface area contributed by atoms with Gasteiger partial charge in [0.2, 0.25) is 0 Å². The van der Waals surface area contributed by atoms with Gasteiger partial charge in [-0.05, 0) is 25.0 Å². The van der Waals surface area contributed by atoms with Gasteiger partial charge in [0, 0.05) is 12.1 Å². The van der Waals surface area contributed by atoms with Crippen LogP contribution < -0.4 is 4.74 Å². The highest BCUT2D eigenvalue weighted by molar-refractivity contribution is 6.37. The van der Waals surface area contributed by atoms with Gasteiger partial charge in [0.1, 0.15) is 6.04 Å². The van der Waals surface area contributed by atoms with Gasteiger partial charge in [-0.2, -0.15) is 0 Å². The molecule has 2 rings (SSSR count). The molecule has 1 atom stereocenters. The van der Waals surface area contributed by atoms with Crippen molar-refractivity contribution in [2.75, 3.05) is 13.7 Å². The zero-order valence-electron chi connectivity index (χ0n) is 10.7. The van der Waals surface area contributed by atoms with Gasteiger partial charge < -0.3 is 14.7 Å². The molecule has 1 aromatic rings. The smallest absolute Gasteiger partial charge is 0.326 e. The zero-order valence-corrected chi connectivity index (χ0v) is 12.2. The Hall–Kier alpha value is -1.46. The van der Waals surface area contributed by atoms with Crippen LogP contribution in [0, 0.1) is 0 Å². The minimum absolute atomic E-state index is 0.217. The van der Waals surface area contributed by atoms with E-state index in [0.717, 1.165) is 0 Å². The van der Waals surface area contributed by atoms with Gasteiger partial charge in [-0.15, -0.1) is 0 Å². The molecule has 108 valence electrons. The van der Waals surface area contributed by atoms with Gasteiger partial charge in [-0.25, -0.2) is 4.79 Å². The second-order valence-electron chi connectivity index (χ2n) is 4.47. The van der Waals surface area contributed by atoms with Gasteiger partial charge >= 0.3 is 5.97 Å².